The smallest absolute Gasteiger partial charge is 0.276 e. The number of benzene rings is 1. The third-order valence-corrected chi connectivity index (χ3v) is 5.28. The molecule has 1 aromatic rings. The van der Waals surface area contributed by atoms with Crippen molar-refractivity contribution in [3.8, 4) is 11.5 Å². The maximum atomic E-state index is 12.9. The number of rotatable bonds is 4. The highest BCUT2D eigenvalue weighted by atomic mass is 32.1. The Morgan fingerprint density at radius 2 is 1.92 bits per heavy atom. The van der Waals surface area contributed by atoms with Gasteiger partial charge in [0, 0.05) is 33.2 Å². The molecule has 1 amide bonds. The molecule has 0 bridgehead atoms. The largest absolute Gasteiger partial charge is 0.454 e. The normalized spacial score (nSPS) is 22.0. The minimum atomic E-state index is -0.0663. The molecule has 2 saturated heterocycles. The van der Waals surface area contributed by atoms with Gasteiger partial charge in [0.1, 0.15) is 5.70 Å². The van der Waals surface area contributed by atoms with Crippen molar-refractivity contribution in [3.05, 3.63) is 29.5 Å². The molecule has 138 valence electrons. The van der Waals surface area contributed by atoms with Crippen LogP contribution < -0.4 is 9.47 Å². The zero-order valence-electron chi connectivity index (χ0n) is 14.6. The lowest BCUT2D eigenvalue weighted by Gasteiger charge is -2.28. The van der Waals surface area contributed by atoms with Crippen LogP contribution in [0.5, 0.6) is 11.5 Å². The summed E-state index contributed by atoms with van der Waals surface area (Å²) in [5.41, 5.74) is 1.44. The van der Waals surface area contributed by atoms with Gasteiger partial charge in [0.15, 0.2) is 16.6 Å². The molecule has 0 aromatic heterocycles. The fourth-order valence-corrected chi connectivity index (χ4v) is 3.51. The molecular weight excluding hydrogens is 354 g/mol. The van der Waals surface area contributed by atoms with Gasteiger partial charge in [-0.3, -0.25) is 14.6 Å². The molecular formula is C18H21N3O4S. The second kappa shape index (κ2) is 7.22. The Kier molecular flexibility index (Phi) is 4.80. The predicted octanol–water partition coefficient (Wildman–Crippen LogP) is 1.15. The summed E-state index contributed by atoms with van der Waals surface area (Å²) >= 11 is 5.48. The third-order valence-electron chi connectivity index (χ3n) is 4.79. The van der Waals surface area contributed by atoms with Crippen molar-refractivity contribution in [2.24, 2.45) is 0 Å². The molecule has 0 aliphatic carbocycles. The van der Waals surface area contributed by atoms with Crippen LogP contribution >= 0.6 is 12.2 Å². The molecule has 1 aromatic carbocycles. The monoisotopic (exact) mass is 375 g/mol. The standard InChI is InChI=1S/C18H21N3O4S/c1-19-14(10-13-2-3-15-16(11-13)25-12-24-15)17(22)21(18(19)26)5-4-20-6-8-23-9-7-20/h2-3,10-11H,4-9,12H2,1H3/b14-10+. The molecule has 0 spiro atoms. The summed E-state index contributed by atoms with van der Waals surface area (Å²) in [6.45, 7) is 4.88. The fraction of sp³-hybridized carbons (Fsp3) is 0.444. The molecule has 3 heterocycles. The summed E-state index contributed by atoms with van der Waals surface area (Å²) in [6.07, 6.45) is 1.84. The van der Waals surface area contributed by atoms with Crippen molar-refractivity contribution in [2.45, 2.75) is 0 Å². The Morgan fingerprint density at radius 3 is 2.73 bits per heavy atom. The molecule has 0 unspecified atom stereocenters. The molecule has 4 rings (SSSR count). The number of likely N-dealkylation sites (N-methyl/N-ethyl adjacent to an activating group) is 1. The van der Waals surface area contributed by atoms with Crippen molar-refractivity contribution in [1.29, 1.82) is 0 Å². The van der Waals surface area contributed by atoms with Gasteiger partial charge in [-0.25, -0.2) is 0 Å². The Bertz CT molecular complexity index is 761. The molecule has 3 aliphatic heterocycles. The first kappa shape index (κ1) is 17.3. The van der Waals surface area contributed by atoms with Gasteiger partial charge in [0.05, 0.1) is 13.2 Å². The van der Waals surface area contributed by atoms with Gasteiger partial charge in [-0.2, -0.15) is 0 Å². The topological polar surface area (TPSA) is 54.5 Å². The second-order valence-electron chi connectivity index (χ2n) is 6.39. The van der Waals surface area contributed by atoms with Crippen LogP contribution in [-0.4, -0.2) is 79.0 Å². The van der Waals surface area contributed by atoms with E-state index < -0.39 is 0 Å². The molecule has 0 atom stereocenters. The Balaban J connectivity index is 1.48. The summed E-state index contributed by atoms with van der Waals surface area (Å²) in [5.74, 6) is 1.35. The van der Waals surface area contributed by atoms with Crippen LogP contribution in [-0.2, 0) is 9.53 Å². The number of hydrogen-bond acceptors (Lipinski definition) is 6. The molecule has 8 heteroatoms. The fourth-order valence-electron chi connectivity index (χ4n) is 3.24. The number of ether oxygens (including phenoxy) is 3. The first-order valence-corrected chi connectivity index (χ1v) is 9.05. The summed E-state index contributed by atoms with van der Waals surface area (Å²) in [6, 6.07) is 5.62. The van der Waals surface area contributed by atoms with Crippen molar-refractivity contribution < 1.29 is 19.0 Å². The number of nitrogens with zero attached hydrogens (tertiary/aromatic N) is 3. The molecule has 7 nitrogen and oxygen atoms in total. The SMILES string of the molecule is CN1C(=S)N(CCN2CCOCC2)C(=O)/C1=C\c1ccc2c(c1)OCO2. The lowest BCUT2D eigenvalue weighted by atomic mass is 10.1. The quantitative estimate of drug-likeness (QED) is 0.578. The van der Waals surface area contributed by atoms with Gasteiger partial charge in [0.25, 0.3) is 5.91 Å². The Morgan fingerprint density at radius 1 is 1.15 bits per heavy atom. The van der Waals surface area contributed by atoms with Crippen molar-refractivity contribution in [2.75, 3.05) is 53.2 Å². The Hall–Kier alpha value is -2.16. The van der Waals surface area contributed by atoms with E-state index in [1.807, 2.05) is 31.3 Å². The van der Waals surface area contributed by atoms with Crippen LogP contribution in [0, 0.1) is 0 Å². The van der Waals surface area contributed by atoms with Crippen LogP contribution in [0.15, 0.2) is 23.9 Å². The first-order valence-electron chi connectivity index (χ1n) is 8.64. The van der Waals surface area contributed by atoms with Gasteiger partial charge in [-0.15, -0.1) is 0 Å². The number of fused-ring (bicyclic) bond motifs is 1. The van der Waals surface area contributed by atoms with Crippen LogP contribution in [0.3, 0.4) is 0 Å². The molecule has 0 saturated carbocycles. The van der Waals surface area contributed by atoms with Crippen LogP contribution in [0.1, 0.15) is 5.56 Å². The number of amides is 1. The van der Waals surface area contributed by atoms with E-state index in [2.05, 4.69) is 4.90 Å². The second-order valence-corrected chi connectivity index (χ2v) is 6.76. The number of carbonyl (C=O) groups is 1. The highest BCUT2D eigenvalue weighted by Crippen LogP contribution is 2.33. The van der Waals surface area contributed by atoms with Crippen LogP contribution in [0.4, 0.5) is 0 Å². The number of thiocarbonyl (C=S) groups is 1. The highest BCUT2D eigenvalue weighted by molar-refractivity contribution is 7.80. The molecule has 2 fully saturated rings. The lowest BCUT2D eigenvalue weighted by molar-refractivity contribution is -0.122. The van der Waals surface area contributed by atoms with Crippen LogP contribution in [0.2, 0.25) is 0 Å². The molecule has 0 radical (unpaired) electrons. The van der Waals surface area contributed by atoms with Crippen molar-refractivity contribution in [3.63, 3.8) is 0 Å². The minimum absolute atomic E-state index is 0.0663. The van der Waals surface area contributed by atoms with E-state index in [4.69, 9.17) is 26.4 Å². The minimum Gasteiger partial charge on any atom is -0.454 e. The highest BCUT2D eigenvalue weighted by Gasteiger charge is 2.35. The average molecular weight is 375 g/mol. The summed E-state index contributed by atoms with van der Waals surface area (Å²) in [7, 11) is 1.83. The summed E-state index contributed by atoms with van der Waals surface area (Å²) in [4.78, 5) is 18.6. The molecule has 26 heavy (non-hydrogen) atoms. The van der Waals surface area contributed by atoms with Gasteiger partial charge in [-0.1, -0.05) is 6.07 Å². The van der Waals surface area contributed by atoms with E-state index >= 15 is 0 Å². The van der Waals surface area contributed by atoms with Gasteiger partial charge in [0.2, 0.25) is 6.79 Å². The molecule has 0 N–H and O–H groups in total. The maximum absolute atomic E-state index is 12.9. The number of morpholine rings is 1. The van der Waals surface area contributed by atoms with E-state index in [1.165, 1.54) is 0 Å². The molecule has 3 aliphatic rings. The van der Waals surface area contributed by atoms with Crippen LogP contribution in [0.25, 0.3) is 6.08 Å². The predicted molar refractivity (Wildman–Crippen MR) is 99.9 cm³/mol. The van der Waals surface area contributed by atoms with E-state index in [1.54, 1.807) is 9.80 Å². The summed E-state index contributed by atoms with van der Waals surface area (Å²) < 4.78 is 16.1. The Labute approximate surface area is 157 Å². The van der Waals surface area contributed by atoms with Gasteiger partial charge >= 0.3 is 0 Å². The zero-order chi connectivity index (χ0) is 18.1. The van der Waals surface area contributed by atoms with E-state index in [-0.39, 0.29) is 12.7 Å². The third kappa shape index (κ3) is 3.27. The zero-order valence-corrected chi connectivity index (χ0v) is 15.5. The van der Waals surface area contributed by atoms with Gasteiger partial charge in [-0.05, 0) is 36.0 Å². The number of carbonyl (C=O) groups excluding carboxylic acids is 1. The lowest BCUT2D eigenvalue weighted by Crippen LogP contribution is -2.43. The maximum Gasteiger partial charge on any atom is 0.276 e. The van der Waals surface area contributed by atoms with Crippen molar-refractivity contribution >= 4 is 29.3 Å². The average Bonchev–Trinajstić information content (AvgIpc) is 3.20. The first-order chi connectivity index (χ1) is 12.6. The van der Waals surface area contributed by atoms with E-state index in [9.17, 15) is 4.79 Å². The van der Waals surface area contributed by atoms with Gasteiger partial charge < -0.3 is 19.1 Å². The van der Waals surface area contributed by atoms with Crippen molar-refractivity contribution in [1.82, 2.24) is 14.7 Å². The van der Waals surface area contributed by atoms with E-state index in [0.29, 0.717) is 23.1 Å². The van der Waals surface area contributed by atoms with E-state index in [0.717, 1.165) is 44.2 Å². The summed E-state index contributed by atoms with van der Waals surface area (Å²) in [5, 5.41) is 0.537. The number of hydrogen-bond donors (Lipinski definition) is 0.